The van der Waals surface area contributed by atoms with Crippen LogP contribution in [0.2, 0.25) is 0 Å². The van der Waals surface area contributed by atoms with Gasteiger partial charge in [-0.1, -0.05) is 0 Å². The van der Waals surface area contributed by atoms with Crippen molar-refractivity contribution in [3.8, 4) is 0 Å². The molecule has 2 rings (SSSR count). The fourth-order valence-corrected chi connectivity index (χ4v) is 2.94. The summed E-state index contributed by atoms with van der Waals surface area (Å²) in [4.78, 5) is 1.38. The van der Waals surface area contributed by atoms with Crippen LogP contribution in [0.4, 0.5) is 0 Å². The Hall–Kier alpha value is -0.380. The number of aryl methyl sites for hydroxylation is 1. The van der Waals surface area contributed by atoms with Crippen molar-refractivity contribution >= 4 is 11.3 Å². The van der Waals surface area contributed by atoms with E-state index in [2.05, 4.69) is 25.3 Å². The average Bonchev–Trinajstić information content (AvgIpc) is 2.73. The first kappa shape index (κ1) is 10.1. The van der Waals surface area contributed by atoms with Gasteiger partial charge in [0.2, 0.25) is 0 Å². The highest BCUT2D eigenvalue weighted by Gasteiger charge is 2.36. The number of hydrogen-bond acceptors (Lipinski definition) is 3. The van der Waals surface area contributed by atoms with Gasteiger partial charge in [0.15, 0.2) is 0 Å². The lowest BCUT2D eigenvalue weighted by Gasteiger charge is -2.22. The monoisotopic (exact) mass is 211 g/mol. The quantitative estimate of drug-likeness (QED) is 0.816. The van der Waals surface area contributed by atoms with E-state index in [0.29, 0.717) is 6.54 Å². The summed E-state index contributed by atoms with van der Waals surface area (Å²) in [6, 6.07) is 2.15. The maximum Gasteiger partial charge on any atom is 0.0928 e. The molecular weight excluding hydrogens is 194 g/mol. The SMILES string of the molecule is Cc1ccsc1C1CCC(C)(CN)O1. The minimum absolute atomic E-state index is 0.0961. The van der Waals surface area contributed by atoms with Crippen molar-refractivity contribution in [1.82, 2.24) is 0 Å². The maximum atomic E-state index is 6.01. The van der Waals surface area contributed by atoms with E-state index in [1.807, 2.05) is 0 Å². The molecule has 3 heteroatoms. The van der Waals surface area contributed by atoms with E-state index in [1.54, 1.807) is 11.3 Å². The summed E-state index contributed by atoms with van der Waals surface area (Å²) in [7, 11) is 0. The van der Waals surface area contributed by atoms with E-state index < -0.39 is 0 Å². The summed E-state index contributed by atoms with van der Waals surface area (Å²) < 4.78 is 6.01. The van der Waals surface area contributed by atoms with Gasteiger partial charge in [0.05, 0.1) is 11.7 Å². The first-order chi connectivity index (χ1) is 6.64. The highest BCUT2D eigenvalue weighted by Crippen LogP contribution is 2.41. The van der Waals surface area contributed by atoms with E-state index in [4.69, 9.17) is 10.5 Å². The molecule has 0 radical (unpaired) electrons. The number of hydrogen-bond donors (Lipinski definition) is 1. The van der Waals surface area contributed by atoms with Crippen LogP contribution in [0.1, 0.15) is 36.3 Å². The molecule has 1 fully saturated rings. The van der Waals surface area contributed by atoms with Crippen LogP contribution in [0.3, 0.4) is 0 Å². The highest BCUT2D eigenvalue weighted by atomic mass is 32.1. The first-order valence-corrected chi connectivity index (χ1v) is 5.94. The third-order valence-corrected chi connectivity index (χ3v) is 4.10. The second-order valence-electron chi connectivity index (χ2n) is 4.27. The Morgan fingerprint density at radius 1 is 1.71 bits per heavy atom. The number of ether oxygens (including phenoxy) is 1. The average molecular weight is 211 g/mol. The van der Waals surface area contributed by atoms with Gasteiger partial charge in [-0.3, -0.25) is 0 Å². The maximum absolute atomic E-state index is 6.01. The number of nitrogens with two attached hydrogens (primary N) is 1. The van der Waals surface area contributed by atoms with Gasteiger partial charge < -0.3 is 10.5 Å². The predicted molar refractivity (Wildman–Crippen MR) is 59.6 cm³/mol. The zero-order valence-corrected chi connectivity index (χ0v) is 9.56. The molecule has 0 amide bonds. The number of rotatable bonds is 2. The summed E-state index contributed by atoms with van der Waals surface area (Å²) in [5.41, 5.74) is 6.95. The lowest BCUT2D eigenvalue weighted by atomic mass is 10.0. The van der Waals surface area contributed by atoms with Crippen molar-refractivity contribution in [3.63, 3.8) is 0 Å². The third kappa shape index (κ3) is 1.72. The summed E-state index contributed by atoms with van der Waals surface area (Å²) >= 11 is 1.79. The molecule has 2 nitrogen and oxygen atoms in total. The Morgan fingerprint density at radius 2 is 2.50 bits per heavy atom. The van der Waals surface area contributed by atoms with Crippen LogP contribution >= 0.6 is 11.3 Å². The molecule has 1 aliphatic heterocycles. The normalized spacial score (nSPS) is 32.4. The zero-order valence-electron chi connectivity index (χ0n) is 8.75. The molecule has 1 aromatic heterocycles. The summed E-state index contributed by atoms with van der Waals surface area (Å²) in [5.74, 6) is 0. The van der Waals surface area contributed by atoms with Crippen LogP contribution in [0, 0.1) is 6.92 Å². The van der Waals surface area contributed by atoms with Gasteiger partial charge in [0, 0.05) is 11.4 Å². The van der Waals surface area contributed by atoms with Gasteiger partial charge in [0.1, 0.15) is 0 Å². The van der Waals surface area contributed by atoms with Crippen molar-refractivity contribution in [1.29, 1.82) is 0 Å². The van der Waals surface area contributed by atoms with Crippen molar-refractivity contribution < 1.29 is 4.74 Å². The third-order valence-electron chi connectivity index (χ3n) is 2.99. The molecule has 14 heavy (non-hydrogen) atoms. The van der Waals surface area contributed by atoms with Gasteiger partial charge >= 0.3 is 0 Å². The lowest BCUT2D eigenvalue weighted by molar-refractivity contribution is -0.0217. The summed E-state index contributed by atoms with van der Waals surface area (Å²) in [6.07, 6.45) is 2.46. The fraction of sp³-hybridized carbons (Fsp3) is 0.636. The Bertz CT molecular complexity index is 323. The minimum atomic E-state index is -0.0961. The van der Waals surface area contributed by atoms with Crippen molar-refractivity contribution in [2.24, 2.45) is 5.73 Å². The van der Waals surface area contributed by atoms with E-state index in [1.165, 1.54) is 10.4 Å². The van der Waals surface area contributed by atoms with Gasteiger partial charge in [-0.05, 0) is 43.7 Å². The van der Waals surface area contributed by atoms with Crippen molar-refractivity contribution in [2.75, 3.05) is 6.54 Å². The molecule has 0 saturated carbocycles. The molecule has 1 saturated heterocycles. The molecule has 2 heterocycles. The topological polar surface area (TPSA) is 35.2 Å². The minimum Gasteiger partial charge on any atom is -0.365 e. The molecule has 2 unspecified atom stereocenters. The van der Waals surface area contributed by atoms with Crippen LogP contribution in [-0.4, -0.2) is 12.1 Å². The van der Waals surface area contributed by atoms with Crippen LogP contribution in [-0.2, 0) is 4.74 Å². The molecule has 2 atom stereocenters. The molecular formula is C11H17NOS. The van der Waals surface area contributed by atoms with E-state index in [-0.39, 0.29) is 11.7 Å². The molecule has 0 aromatic carbocycles. The molecule has 2 N–H and O–H groups in total. The van der Waals surface area contributed by atoms with Crippen LogP contribution in [0.15, 0.2) is 11.4 Å². The van der Waals surface area contributed by atoms with Crippen LogP contribution < -0.4 is 5.73 Å². The first-order valence-electron chi connectivity index (χ1n) is 5.06. The smallest absolute Gasteiger partial charge is 0.0928 e. The Kier molecular flexibility index (Phi) is 2.64. The predicted octanol–water partition coefficient (Wildman–Crippen LogP) is 2.63. The molecule has 0 spiro atoms. The molecule has 78 valence electrons. The Morgan fingerprint density at radius 3 is 3.00 bits per heavy atom. The molecule has 0 aliphatic carbocycles. The molecule has 1 aliphatic rings. The van der Waals surface area contributed by atoms with Crippen LogP contribution in [0.5, 0.6) is 0 Å². The zero-order chi connectivity index (χ0) is 10.2. The van der Waals surface area contributed by atoms with E-state index >= 15 is 0 Å². The summed E-state index contributed by atoms with van der Waals surface area (Å²) in [6.45, 7) is 4.87. The summed E-state index contributed by atoms with van der Waals surface area (Å²) in [5, 5.41) is 2.13. The highest BCUT2D eigenvalue weighted by molar-refractivity contribution is 7.10. The molecule has 1 aromatic rings. The van der Waals surface area contributed by atoms with Crippen LogP contribution in [0.25, 0.3) is 0 Å². The van der Waals surface area contributed by atoms with E-state index in [0.717, 1.165) is 12.8 Å². The Labute approximate surface area is 89.1 Å². The Balaban J connectivity index is 2.13. The van der Waals surface area contributed by atoms with Gasteiger partial charge in [-0.2, -0.15) is 0 Å². The second-order valence-corrected chi connectivity index (χ2v) is 5.21. The largest absolute Gasteiger partial charge is 0.365 e. The van der Waals surface area contributed by atoms with Crippen molar-refractivity contribution in [3.05, 3.63) is 21.9 Å². The van der Waals surface area contributed by atoms with Gasteiger partial charge in [-0.25, -0.2) is 0 Å². The fourth-order valence-electron chi connectivity index (χ4n) is 1.95. The second kappa shape index (κ2) is 3.65. The van der Waals surface area contributed by atoms with E-state index in [9.17, 15) is 0 Å². The standard InChI is InChI=1S/C11H17NOS/c1-8-4-6-14-10(8)9-3-5-11(2,7-12)13-9/h4,6,9H,3,5,7,12H2,1-2H3. The van der Waals surface area contributed by atoms with Gasteiger partial charge in [0.25, 0.3) is 0 Å². The van der Waals surface area contributed by atoms with Gasteiger partial charge in [-0.15, -0.1) is 11.3 Å². The number of thiophene rings is 1. The van der Waals surface area contributed by atoms with Crippen molar-refractivity contribution in [2.45, 2.75) is 38.4 Å². The molecule has 0 bridgehead atoms. The lowest BCUT2D eigenvalue weighted by Crippen LogP contribution is -2.33.